The molecule has 0 saturated carbocycles. The Morgan fingerprint density at radius 1 is 1.78 bits per heavy atom. The standard InChI is InChI=1S/C4H8N2O2.ClH/c5-3-6-1-2-8-4(6)7;/h1-3,5H2;1H. The summed E-state index contributed by atoms with van der Waals surface area (Å²) in [6.45, 7) is 1.38. The van der Waals surface area contributed by atoms with E-state index in [0.717, 1.165) is 0 Å². The molecule has 0 aromatic heterocycles. The third-order valence-electron chi connectivity index (χ3n) is 1.07. The predicted molar refractivity (Wildman–Crippen MR) is 34.4 cm³/mol. The van der Waals surface area contributed by atoms with E-state index >= 15 is 0 Å². The monoisotopic (exact) mass is 152 g/mol. The molecule has 54 valence electrons. The van der Waals surface area contributed by atoms with Crippen molar-refractivity contribution >= 4 is 18.5 Å². The van der Waals surface area contributed by atoms with Gasteiger partial charge in [0.25, 0.3) is 0 Å². The molecule has 9 heavy (non-hydrogen) atoms. The smallest absolute Gasteiger partial charge is 0.410 e. The zero-order valence-electron chi connectivity index (χ0n) is 4.87. The van der Waals surface area contributed by atoms with Gasteiger partial charge in [0, 0.05) is 0 Å². The van der Waals surface area contributed by atoms with Crippen molar-refractivity contribution in [2.45, 2.75) is 0 Å². The maximum absolute atomic E-state index is 10.4. The van der Waals surface area contributed by atoms with Crippen LogP contribution in [-0.4, -0.2) is 30.8 Å². The Labute approximate surface area is 59.4 Å². The Morgan fingerprint density at radius 3 is 2.67 bits per heavy atom. The number of hydrogen-bond acceptors (Lipinski definition) is 3. The van der Waals surface area contributed by atoms with Gasteiger partial charge in [0.1, 0.15) is 6.61 Å². The van der Waals surface area contributed by atoms with E-state index in [1.54, 1.807) is 0 Å². The molecule has 1 aliphatic heterocycles. The summed E-state index contributed by atoms with van der Waals surface area (Å²) in [6, 6.07) is 0. The van der Waals surface area contributed by atoms with Crippen LogP contribution in [-0.2, 0) is 4.74 Å². The van der Waals surface area contributed by atoms with Crippen LogP contribution in [0.15, 0.2) is 0 Å². The van der Waals surface area contributed by atoms with Gasteiger partial charge in [-0.1, -0.05) is 0 Å². The number of ether oxygens (including phenoxy) is 1. The zero-order valence-corrected chi connectivity index (χ0v) is 5.69. The molecule has 1 amide bonds. The summed E-state index contributed by atoms with van der Waals surface area (Å²) in [5.41, 5.74) is 5.15. The summed E-state index contributed by atoms with van der Waals surface area (Å²) in [4.78, 5) is 11.9. The Balaban J connectivity index is 0.000000640. The first-order chi connectivity index (χ1) is 3.84. The summed E-state index contributed by atoms with van der Waals surface area (Å²) in [7, 11) is 0. The number of halogens is 1. The van der Waals surface area contributed by atoms with Crippen molar-refractivity contribution < 1.29 is 9.53 Å². The summed E-state index contributed by atoms with van der Waals surface area (Å²) in [5, 5.41) is 0. The predicted octanol–water partition coefficient (Wildman–Crippen LogP) is -0.223. The molecule has 1 aliphatic rings. The van der Waals surface area contributed by atoms with E-state index in [4.69, 9.17) is 5.73 Å². The number of rotatable bonds is 1. The zero-order chi connectivity index (χ0) is 5.98. The first-order valence-corrected chi connectivity index (χ1v) is 2.46. The lowest BCUT2D eigenvalue weighted by Crippen LogP contribution is -2.30. The fourth-order valence-electron chi connectivity index (χ4n) is 0.592. The lowest BCUT2D eigenvalue weighted by molar-refractivity contribution is 0.159. The molecule has 1 fully saturated rings. The van der Waals surface area contributed by atoms with Crippen LogP contribution in [0.2, 0.25) is 0 Å². The molecule has 0 spiro atoms. The summed E-state index contributed by atoms with van der Waals surface area (Å²) >= 11 is 0. The molecule has 1 rings (SSSR count). The minimum absolute atomic E-state index is 0. The normalized spacial score (nSPS) is 17.0. The molecule has 0 aromatic rings. The van der Waals surface area contributed by atoms with Gasteiger partial charge < -0.3 is 10.5 Å². The third kappa shape index (κ3) is 1.73. The Bertz CT molecular complexity index is 109. The van der Waals surface area contributed by atoms with Crippen molar-refractivity contribution in [3.63, 3.8) is 0 Å². The van der Waals surface area contributed by atoms with Gasteiger partial charge >= 0.3 is 6.09 Å². The SMILES string of the molecule is Cl.NCN1CCOC1=O. The molecule has 0 unspecified atom stereocenters. The van der Waals surface area contributed by atoms with Gasteiger partial charge in [0.15, 0.2) is 0 Å². The minimum Gasteiger partial charge on any atom is -0.447 e. The van der Waals surface area contributed by atoms with Gasteiger partial charge in [-0.2, -0.15) is 0 Å². The lowest BCUT2D eigenvalue weighted by atomic mass is 10.6. The van der Waals surface area contributed by atoms with Gasteiger partial charge in [-0.3, -0.25) is 4.90 Å². The highest BCUT2D eigenvalue weighted by Crippen LogP contribution is 1.98. The molecule has 0 aliphatic carbocycles. The first kappa shape index (κ1) is 8.52. The molecule has 1 heterocycles. The quantitative estimate of drug-likeness (QED) is 0.565. The largest absolute Gasteiger partial charge is 0.447 e. The Kier molecular flexibility index (Phi) is 3.34. The molecule has 2 N–H and O–H groups in total. The highest BCUT2D eigenvalue weighted by atomic mass is 35.5. The van der Waals surface area contributed by atoms with Crippen molar-refractivity contribution in [1.29, 1.82) is 0 Å². The van der Waals surface area contributed by atoms with E-state index < -0.39 is 0 Å². The third-order valence-corrected chi connectivity index (χ3v) is 1.07. The second kappa shape index (κ2) is 3.53. The average Bonchev–Trinajstić information content (AvgIpc) is 2.14. The van der Waals surface area contributed by atoms with Crippen molar-refractivity contribution in [2.75, 3.05) is 19.8 Å². The number of nitrogens with two attached hydrogens (primary N) is 1. The highest BCUT2D eigenvalue weighted by Gasteiger charge is 2.19. The van der Waals surface area contributed by atoms with Gasteiger partial charge in [-0.15, -0.1) is 12.4 Å². The van der Waals surface area contributed by atoms with Crippen LogP contribution in [0.1, 0.15) is 0 Å². The van der Waals surface area contributed by atoms with Crippen LogP contribution in [0.4, 0.5) is 4.79 Å². The Morgan fingerprint density at radius 2 is 2.44 bits per heavy atom. The maximum Gasteiger partial charge on any atom is 0.410 e. The molecule has 4 nitrogen and oxygen atoms in total. The number of amides is 1. The molecule has 0 atom stereocenters. The van der Waals surface area contributed by atoms with E-state index in [1.807, 2.05) is 0 Å². The average molecular weight is 153 g/mol. The molecular weight excluding hydrogens is 144 g/mol. The summed E-state index contributed by atoms with van der Waals surface area (Å²) < 4.78 is 4.56. The van der Waals surface area contributed by atoms with Crippen LogP contribution in [0, 0.1) is 0 Å². The van der Waals surface area contributed by atoms with Gasteiger partial charge in [-0.25, -0.2) is 4.79 Å². The van der Waals surface area contributed by atoms with Crippen LogP contribution < -0.4 is 5.73 Å². The molecule has 0 aromatic carbocycles. The van der Waals surface area contributed by atoms with E-state index in [0.29, 0.717) is 13.2 Å². The second-order valence-electron chi connectivity index (χ2n) is 1.56. The molecule has 5 heteroatoms. The first-order valence-electron chi connectivity index (χ1n) is 2.46. The fraction of sp³-hybridized carbons (Fsp3) is 0.750. The van der Waals surface area contributed by atoms with Crippen LogP contribution in [0.3, 0.4) is 0 Å². The second-order valence-corrected chi connectivity index (χ2v) is 1.56. The van der Waals surface area contributed by atoms with Crippen molar-refractivity contribution in [2.24, 2.45) is 5.73 Å². The van der Waals surface area contributed by atoms with E-state index in [9.17, 15) is 4.79 Å². The number of nitrogens with zero attached hydrogens (tertiary/aromatic N) is 1. The van der Waals surface area contributed by atoms with Crippen molar-refractivity contribution in [1.82, 2.24) is 4.90 Å². The minimum atomic E-state index is -0.299. The lowest BCUT2D eigenvalue weighted by Gasteiger charge is -2.05. The van der Waals surface area contributed by atoms with Gasteiger partial charge in [0.05, 0.1) is 13.2 Å². The topological polar surface area (TPSA) is 55.6 Å². The molecule has 0 radical (unpaired) electrons. The number of carbonyl (C=O) groups excluding carboxylic acids is 1. The van der Waals surface area contributed by atoms with Crippen LogP contribution in [0.25, 0.3) is 0 Å². The number of hydrogen-bond donors (Lipinski definition) is 1. The van der Waals surface area contributed by atoms with E-state index in [2.05, 4.69) is 4.74 Å². The molecule has 0 bridgehead atoms. The number of cyclic esters (lactones) is 1. The fourth-order valence-corrected chi connectivity index (χ4v) is 0.592. The van der Waals surface area contributed by atoms with Crippen LogP contribution in [0.5, 0.6) is 0 Å². The van der Waals surface area contributed by atoms with E-state index in [-0.39, 0.29) is 25.2 Å². The van der Waals surface area contributed by atoms with Crippen LogP contribution >= 0.6 is 12.4 Å². The molecule has 1 saturated heterocycles. The highest BCUT2D eigenvalue weighted by molar-refractivity contribution is 5.85. The summed E-state index contributed by atoms with van der Waals surface area (Å²) in [6.07, 6.45) is -0.299. The molecular formula is C4H9ClN2O2. The van der Waals surface area contributed by atoms with E-state index in [1.165, 1.54) is 4.90 Å². The maximum atomic E-state index is 10.4. The Hall–Kier alpha value is -0.480. The van der Waals surface area contributed by atoms with Gasteiger partial charge in [0.2, 0.25) is 0 Å². The van der Waals surface area contributed by atoms with Gasteiger partial charge in [-0.05, 0) is 0 Å². The van der Waals surface area contributed by atoms with Crippen molar-refractivity contribution in [3.05, 3.63) is 0 Å². The van der Waals surface area contributed by atoms with Crippen molar-refractivity contribution in [3.8, 4) is 0 Å². The number of carbonyl (C=O) groups is 1. The summed E-state index contributed by atoms with van der Waals surface area (Å²) in [5.74, 6) is 0.